The molecular formula is C20H13ClN4O3. The van der Waals surface area contributed by atoms with Crippen LogP contribution in [0.3, 0.4) is 0 Å². The molecule has 0 saturated heterocycles. The van der Waals surface area contributed by atoms with Crippen molar-refractivity contribution in [3.63, 3.8) is 0 Å². The van der Waals surface area contributed by atoms with E-state index in [2.05, 4.69) is 4.98 Å². The molecule has 4 rings (SSSR count). The van der Waals surface area contributed by atoms with E-state index in [9.17, 15) is 14.9 Å². The summed E-state index contributed by atoms with van der Waals surface area (Å²) in [5, 5.41) is 9.94. The zero-order valence-corrected chi connectivity index (χ0v) is 15.7. The normalized spacial score (nSPS) is 10.9. The van der Waals surface area contributed by atoms with Gasteiger partial charge in [-0.05, 0) is 42.8 Å². The Balaban J connectivity index is 2.28. The van der Waals surface area contributed by atoms with E-state index in [1.54, 1.807) is 24.4 Å². The largest absolute Gasteiger partial charge is 0.495 e. The number of aromatic nitrogens is 3. The highest BCUT2D eigenvalue weighted by Gasteiger charge is 2.19. The molecule has 0 aliphatic carbocycles. The highest BCUT2D eigenvalue weighted by Crippen LogP contribution is 2.27. The summed E-state index contributed by atoms with van der Waals surface area (Å²) >= 11 is 6.12. The molecular weight excluding hydrogens is 380 g/mol. The lowest BCUT2D eigenvalue weighted by molar-refractivity contribution is 0.413. The van der Waals surface area contributed by atoms with Crippen LogP contribution in [0.2, 0.25) is 5.02 Å². The number of nitriles is 1. The molecule has 0 amide bonds. The minimum atomic E-state index is -0.612. The van der Waals surface area contributed by atoms with Crippen LogP contribution in [-0.2, 0) is 0 Å². The zero-order chi connectivity index (χ0) is 20.0. The molecule has 3 heterocycles. The van der Waals surface area contributed by atoms with Crippen LogP contribution in [0.1, 0.15) is 11.1 Å². The van der Waals surface area contributed by atoms with Gasteiger partial charge >= 0.3 is 0 Å². The van der Waals surface area contributed by atoms with Crippen LogP contribution in [0.25, 0.3) is 22.4 Å². The van der Waals surface area contributed by atoms with Gasteiger partial charge in [-0.3, -0.25) is 18.6 Å². The number of fused-ring (bicyclic) bond motifs is 2. The van der Waals surface area contributed by atoms with Crippen LogP contribution in [0.4, 0.5) is 0 Å². The molecule has 0 radical (unpaired) electrons. The van der Waals surface area contributed by atoms with Crippen LogP contribution in [0, 0.1) is 18.3 Å². The molecule has 7 nitrogen and oxygen atoms in total. The topological polar surface area (TPSA) is 89.4 Å². The number of hydrogen-bond acceptors (Lipinski definition) is 5. The van der Waals surface area contributed by atoms with Gasteiger partial charge in [-0.1, -0.05) is 17.7 Å². The van der Waals surface area contributed by atoms with Crippen molar-refractivity contribution in [2.75, 3.05) is 7.11 Å². The second-order valence-electron chi connectivity index (χ2n) is 6.22. The molecule has 3 aromatic heterocycles. The molecule has 28 heavy (non-hydrogen) atoms. The third-order valence-corrected chi connectivity index (χ3v) is 4.66. The Morgan fingerprint density at radius 1 is 1.14 bits per heavy atom. The SMILES string of the molecule is COc1ccc(Cl)cc1-n1c(=O)c(C#N)cc2c(=O)n3cc(C)ccc3nc21. The molecule has 0 spiro atoms. The van der Waals surface area contributed by atoms with Crippen molar-refractivity contribution < 1.29 is 4.74 Å². The van der Waals surface area contributed by atoms with E-state index in [4.69, 9.17) is 16.3 Å². The molecule has 0 fully saturated rings. The standard InChI is InChI=1S/C20H13ClN4O3/c1-11-3-6-17-23-18-14(20(27)24(17)10-11)7-12(9-22)19(26)25(18)15-8-13(21)4-5-16(15)28-2/h3-8,10H,1-2H3. The summed E-state index contributed by atoms with van der Waals surface area (Å²) in [6, 6.07) is 11.4. The van der Waals surface area contributed by atoms with Crippen LogP contribution < -0.4 is 15.9 Å². The molecule has 0 aliphatic heterocycles. The van der Waals surface area contributed by atoms with Crippen molar-refractivity contribution in [3.05, 3.63) is 79.5 Å². The summed E-state index contributed by atoms with van der Waals surface area (Å²) in [5.74, 6) is 0.355. The number of benzene rings is 1. The van der Waals surface area contributed by atoms with Crippen molar-refractivity contribution in [1.29, 1.82) is 5.26 Å². The first-order valence-corrected chi connectivity index (χ1v) is 8.65. The van der Waals surface area contributed by atoms with E-state index in [0.29, 0.717) is 22.1 Å². The maximum Gasteiger partial charge on any atom is 0.274 e. The summed E-state index contributed by atoms with van der Waals surface area (Å²) in [6.45, 7) is 1.86. The fraction of sp³-hybridized carbons (Fsp3) is 0.100. The second kappa shape index (κ2) is 6.51. The molecule has 0 aliphatic rings. The Morgan fingerprint density at radius 3 is 2.64 bits per heavy atom. The Labute approximate surface area is 163 Å². The molecule has 4 aromatic rings. The number of pyridine rings is 2. The average Bonchev–Trinajstić information content (AvgIpc) is 2.68. The van der Waals surface area contributed by atoms with E-state index in [0.717, 1.165) is 5.56 Å². The van der Waals surface area contributed by atoms with Gasteiger partial charge in [0.1, 0.15) is 23.0 Å². The van der Waals surface area contributed by atoms with Crippen molar-refractivity contribution in [1.82, 2.24) is 14.0 Å². The van der Waals surface area contributed by atoms with Crippen molar-refractivity contribution in [2.24, 2.45) is 0 Å². The number of aryl methyl sites for hydroxylation is 1. The van der Waals surface area contributed by atoms with Crippen LogP contribution in [0.15, 0.2) is 52.2 Å². The van der Waals surface area contributed by atoms with E-state index < -0.39 is 5.56 Å². The lowest BCUT2D eigenvalue weighted by Gasteiger charge is -2.14. The Kier molecular flexibility index (Phi) is 4.13. The summed E-state index contributed by atoms with van der Waals surface area (Å²) in [7, 11) is 1.45. The Bertz CT molecular complexity index is 1430. The fourth-order valence-corrected chi connectivity index (χ4v) is 3.27. The summed E-state index contributed by atoms with van der Waals surface area (Å²) < 4.78 is 7.94. The van der Waals surface area contributed by atoms with E-state index in [-0.39, 0.29) is 22.2 Å². The van der Waals surface area contributed by atoms with Crippen molar-refractivity contribution in [3.8, 4) is 17.5 Å². The van der Waals surface area contributed by atoms with Gasteiger partial charge in [0.05, 0.1) is 18.2 Å². The van der Waals surface area contributed by atoms with Gasteiger partial charge in [0.2, 0.25) is 0 Å². The minimum absolute atomic E-state index is 0.124. The first-order chi connectivity index (χ1) is 13.4. The van der Waals surface area contributed by atoms with Crippen LogP contribution in [0.5, 0.6) is 5.75 Å². The number of nitrogens with zero attached hydrogens (tertiary/aromatic N) is 4. The number of halogens is 1. The Morgan fingerprint density at radius 2 is 1.93 bits per heavy atom. The van der Waals surface area contributed by atoms with Gasteiger partial charge in [-0.2, -0.15) is 5.26 Å². The third-order valence-electron chi connectivity index (χ3n) is 4.42. The summed E-state index contributed by atoms with van der Waals surface area (Å²) in [5.41, 5.74) is 0.502. The quantitative estimate of drug-likeness (QED) is 0.489. The molecule has 0 unspecified atom stereocenters. The highest BCUT2D eigenvalue weighted by atomic mass is 35.5. The van der Waals surface area contributed by atoms with Gasteiger partial charge in [-0.15, -0.1) is 0 Å². The Hall–Kier alpha value is -3.63. The van der Waals surface area contributed by atoms with Gasteiger partial charge in [-0.25, -0.2) is 4.98 Å². The predicted molar refractivity (Wildman–Crippen MR) is 106 cm³/mol. The smallest absolute Gasteiger partial charge is 0.274 e. The maximum absolute atomic E-state index is 13.1. The lowest BCUT2D eigenvalue weighted by Crippen LogP contribution is -2.26. The lowest BCUT2D eigenvalue weighted by atomic mass is 10.2. The number of methoxy groups -OCH3 is 1. The van der Waals surface area contributed by atoms with Crippen molar-refractivity contribution >= 4 is 28.3 Å². The van der Waals surface area contributed by atoms with Gasteiger partial charge < -0.3 is 4.74 Å². The highest BCUT2D eigenvalue weighted by molar-refractivity contribution is 6.30. The molecule has 0 atom stereocenters. The maximum atomic E-state index is 13.1. The zero-order valence-electron chi connectivity index (χ0n) is 14.9. The number of ether oxygens (including phenoxy) is 1. The second-order valence-corrected chi connectivity index (χ2v) is 6.65. The first-order valence-electron chi connectivity index (χ1n) is 8.27. The monoisotopic (exact) mass is 392 g/mol. The first kappa shape index (κ1) is 17.8. The van der Waals surface area contributed by atoms with Crippen LogP contribution in [-0.4, -0.2) is 21.1 Å². The predicted octanol–water partition coefficient (Wildman–Crippen LogP) is 2.84. The molecule has 1 aromatic carbocycles. The molecule has 0 N–H and O–H groups in total. The average molecular weight is 393 g/mol. The van der Waals surface area contributed by atoms with Crippen molar-refractivity contribution in [2.45, 2.75) is 6.92 Å². The van der Waals surface area contributed by atoms with Gasteiger partial charge in [0.25, 0.3) is 11.1 Å². The van der Waals surface area contributed by atoms with Gasteiger partial charge in [0, 0.05) is 11.2 Å². The van der Waals surface area contributed by atoms with Crippen LogP contribution >= 0.6 is 11.6 Å². The summed E-state index contributed by atoms with van der Waals surface area (Å²) in [4.78, 5) is 30.6. The van der Waals surface area contributed by atoms with Gasteiger partial charge in [0.15, 0.2) is 5.65 Å². The number of hydrogen-bond donors (Lipinski definition) is 0. The van der Waals surface area contributed by atoms with E-state index >= 15 is 0 Å². The minimum Gasteiger partial charge on any atom is -0.495 e. The third kappa shape index (κ3) is 2.63. The van der Waals surface area contributed by atoms with E-state index in [1.165, 1.54) is 28.2 Å². The molecule has 138 valence electrons. The molecule has 0 saturated carbocycles. The summed E-state index contributed by atoms with van der Waals surface area (Å²) in [6.07, 6.45) is 1.66. The number of rotatable bonds is 2. The molecule has 0 bridgehead atoms. The molecule has 8 heteroatoms. The fourth-order valence-electron chi connectivity index (χ4n) is 3.11. The van der Waals surface area contributed by atoms with E-state index in [1.807, 2.05) is 19.1 Å².